The van der Waals surface area contributed by atoms with Crippen molar-refractivity contribution in [2.75, 3.05) is 12.4 Å². The fraction of sp³-hybridized carbons (Fsp3) is 0.333. The first-order valence-corrected chi connectivity index (χ1v) is 5.57. The molecule has 0 radical (unpaired) electrons. The highest BCUT2D eigenvalue weighted by Gasteiger charge is 2.14. The van der Waals surface area contributed by atoms with E-state index in [1.165, 1.54) is 6.92 Å². The van der Waals surface area contributed by atoms with Gasteiger partial charge in [-0.05, 0) is 25.6 Å². The van der Waals surface area contributed by atoms with Crippen LogP contribution in [0, 0.1) is 0 Å². The zero-order chi connectivity index (χ0) is 13.5. The molecule has 0 aliphatic carbocycles. The summed E-state index contributed by atoms with van der Waals surface area (Å²) in [5.41, 5.74) is 1.58. The van der Waals surface area contributed by atoms with E-state index in [4.69, 9.17) is 5.11 Å². The van der Waals surface area contributed by atoms with Gasteiger partial charge in [-0.15, -0.1) is 0 Å². The van der Waals surface area contributed by atoms with Crippen LogP contribution in [-0.4, -0.2) is 30.2 Å². The van der Waals surface area contributed by atoms with Crippen molar-refractivity contribution in [1.82, 2.24) is 10.6 Å². The predicted molar refractivity (Wildman–Crippen MR) is 68.5 cm³/mol. The Kier molecular flexibility index (Phi) is 5.13. The molecule has 6 nitrogen and oxygen atoms in total. The molecule has 0 bridgehead atoms. The highest BCUT2D eigenvalue weighted by Crippen LogP contribution is 2.14. The van der Waals surface area contributed by atoms with Crippen LogP contribution in [0.1, 0.15) is 12.5 Å². The Morgan fingerprint density at radius 3 is 2.61 bits per heavy atom. The average Bonchev–Trinajstić information content (AvgIpc) is 2.31. The molecular formula is C12H17N3O3. The summed E-state index contributed by atoms with van der Waals surface area (Å²) >= 11 is 0. The third-order valence-electron chi connectivity index (χ3n) is 2.35. The van der Waals surface area contributed by atoms with Gasteiger partial charge in [0.25, 0.3) is 0 Å². The molecule has 0 aromatic heterocycles. The molecule has 6 heteroatoms. The molecule has 98 valence electrons. The summed E-state index contributed by atoms with van der Waals surface area (Å²) in [6, 6.07) is 5.85. The van der Waals surface area contributed by atoms with Crippen molar-refractivity contribution in [1.29, 1.82) is 0 Å². The summed E-state index contributed by atoms with van der Waals surface area (Å²) in [5.74, 6) is -1.08. The second-order valence-electron chi connectivity index (χ2n) is 3.85. The number of carbonyl (C=O) groups is 2. The number of rotatable bonds is 5. The van der Waals surface area contributed by atoms with Crippen molar-refractivity contribution in [2.45, 2.75) is 19.5 Å². The number of anilines is 1. The minimum atomic E-state index is -1.08. The number of carbonyl (C=O) groups excluding carboxylic acids is 1. The van der Waals surface area contributed by atoms with E-state index in [2.05, 4.69) is 16.0 Å². The lowest BCUT2D eigenvalue weighted by atomic mass is 10.2. The van der Waals surface area contributed by atoms with Crippen LogP contribution in [0.5, 0.6) is 0 Å². The topological polar surface area (TPSA) is 90.5 Å². The SMILES string of the molecule is CNCc1ccccc1NC(=O)N[C@@H](C)C(=O)O. The lowest BCUT2D eigenvalue weighted by Gasteiger charge is -2.13. The second kappa shape index (κ2) is 6.61. The first-order chi connectivity index (χ1) is 8.54. The number of urea groups is 1. The van der Waals surface area contributed by atoms with E-state index in [-0.39, 0.29) is 0 Å². The molecule has 18 heavy (non-hydrogen) atoms. The predicted octanol–water partition coefficient (Wildman–Crippen LogP) is 1.00. The fourth-order valence-corrected chi connectivity index (χ4v) is 1.40. The number of hydrogen-bond donors (Lipinski definition) is 4. The van der Waals surface area contributed by atoms with Gasteiger partial charge in [-0.3, -0.25) is 4.79 Å². The standard InChI is InChI=1S/C12H17N3O3/c1-8(11(16)17)14-12(18)15-10-6-4-3-5-9(10)7-13-2/h3-6,8,13H,7H2,1-2H3,(H,16,17)(H2,14,15,18)/t8-/m0/s1. The fourth-order valence-electron chi connectivity index (χ4n) is 1.40. The maximum absolute atomic E-state index is 11.6. The van der Waals surface area contributed by atoms with E-state index in [9.17, 15) is 9.59 Å². The Labute approximate surface area is 105 Å². The molecular weight excluding hydrogens is 234 g/mol. The summed E-state index contributed by atoms with van der Waals surface area (Å²) in [4.78, 5) is 22.2. The average molecular weight is 251 g/mol. The highest BCUT2D eigenvalue weighted by molar-refractivity contribution is 5.92. The molecule has 1 atom stereocenters. The molecule has 1 rings (SSSR count). The summed E-state index contributed by atoms with van der Waals surface area (Å²) in [5, 5.41) is 16.6. The Hall–Kier alpha value is -2.08. The Morgan fingerprint density at radius 2 is 2.00 bits per heavy atom. The first-order valence-electron chi connectivity index (χ1n) is 5.57. The molecule has 0 unspecified atom stereocenters. The van der Waals surface area contributed by atoms with Crippen molar-refractivity contribution < 1.29 is 14.7 Å². The minimum absolute atomic E-state index is 0.534. The zero-order valence-corrected chi connectivity index (χ0v) is 10.4. The van der Waals surface area contributed by atoms with E-state index in [0.717, 1.165) is 5.56 Å². The van der Waals surface area contributed by atoms with Gasteiger partial charge in [0.05, 0.1) is 0 Å². The summed E-state index contributed by atoms with van der Waals surface area (Å²) in [6.45, 7) is 2.02. The monoisotopic (exact) mass is 251 g/mol. The van der Waals surface area contributed by atoms with Crippen molar-refractivity contribution >= 4 is 17.7 Å². The van der Waals surface area contributed by atoms with E-state index < -0.39 is 18.0 Å². The number of nitrogens with one attached hydrogen (secondary N) is 3. The number of carboxylic acid groups (broad SMARTS) is 1. The van der Waals surface area contributed by atoms with Gasteiger partial charge < -0.3 is 21.1 Å². The molecule has 2 amide bonds. The minimum Gasteiger partial charge on any atom is -0.480 e. The van der Waals surface area contributed by atoms with Gasteiger partial charge in [-0.2, -0.15) is 0 Å². The number of carboxylic acids is 1. The van der Waals surface area contributed by atoms with Crippen LogP contribution in [0.4, 0.5) is 10.5 Å². The number of amides is 2. The van der Waals surface area contributed by atoms with Crippen LogP contribution in [0.25, 0.3) is 0 Å². The second-order valence-corrected chi connectivity index (χ2v) is 3.85. The quantitative estimate of drug-likeness (QED) is 0.628. The van der Waals surface area contributed by atoms with Crippen molar-refractivity contribution in [2.24, 2.45) is 0 Å². The van der Waals surface area contributed by atoms with E-state index in [0.29, 0.717) is 12.2 Å². The van der Waals surface area contributed by atoms with Crippen LogP contribution in [0.15, 0.2) is 24.3 Å². The number of benzene rings is 1. The normalized spacial score (nSPS) is 11.7. The number of para-hydroxylation sites is 1. The number of hydrogen-bond acceptors (Lipinski definition) is 3. The molecule has 0 spiro atoms. The molecule has 0 saturated heterocycles. The van der Waals surface area contributed by atoms with Gasteiger partial charge in [-0.1, -0.05) is 18.2 Å². The van der Waals surface area contributed by atoms with Gasteiger partial charge >= 0.3 is 12.0 Å². The van der Waals surface area contributed by atoms with Crippen LogP contribution >= 0.6 is 0 Å². The van der Waals surface area contributed by atoms with Gasteiger partial charge in [0.1, 0.15) is 6.04 Å². The first kappa shape index (κ1) is 14.0. The summed E-state index contributed by atoms with van der Waals surface area (Å²) < 4.78 is 0. The Morgan fingerprint density at radius 1 is 1.33 bits per heavy atom. The smallest absolute Gasteiger partial charge is 0.325 e. The van der Waals surface area contributed by atoms with Crippen LogP contribution in [0.3, 0.4) is 0 Å². The molecule has 0 saturated carbocycles. The van der Waals surface area contributed by atoms with Crippen LogP contribution < -0.4 is 16.0 Å². The van der Waals surface area contributed by atoms with Crippen LogP contribution in [-0.2, 0) is 11.3 Å². The largest absolute Gasteiger partial charge is 0.480 e. The molecule has 0 fully saturated rings. The Bertz CT molecular complexity index is 434. The maximum atomic E-state index is 11.6. The van der Waals surface area contributed by atoms with Gasteiger partial charge in [0.2, 0.25) is 0 Å². The molecule has 1 aromatic carbocycles. The van der Waals surface area contributed by atoms with E-state index in [1.54, 1.807) is 12.1 Å². The molecule has 0 aliphatic rings. The van der Waals surface area contributed by atoms with Crippen molar-refractivity contribution in [3.8, 4) is 0 Å². The molecule has 1 aromatic rings. The van der Waals surface area contributed by atoms with Crippen LogP contribution in [0.2, 0.25) is 0 Å². The maximum Gasteiger partial charge on any atom is 0.325 e. The van der Waals surface area contributed by atoms with Crippen molar-refractivity contribution in [3.05, 3.63) is 29.8 Å². The van der Waals surface area contributed by atoms with Gasteiger partial charge in [0.15, 0.2) is 0 Å². The molecule has 0 heterocycles. The van der Waals surface area contributed by atoms with Crippen molar-refractivity contribution in [3.63, 3.8) is 0 Å². The van der Waals surface area contributed by atoms with E-state index >= 15 is 0 Å². The zero-order valence-electron chi connectivity index (χ0n) is 10.4. The summed E-state index contributed by atoms with van der Waals surface area (Å²) in [7, 11) is 1.81. The lowest BCUT2D eigenvalue weighted by Crippen LogP contribution is -2.41. The van der Waals surface area contributed by atoms with E-state index in [1.807, 2.05) is 19.2 Å². The Balaban J connectivity index is 2.66. The number of aliphatic carboxylic acids is 1. The third-order valence-corrected chi connectivity index (χ3v) is 2.35. The highest BCUT2D eigenvalue weighted by atomic mass is 16.4. The lowest BCUT2D eigenvalue weighted by molar-refractivity contribution is -0.138. The summed E-state index contributed by atoms with van der Waals surface area (Å²) in [6.07, 6.45) is 0. The molecule has 4 N–H and O–H groups in total. The van der Waals surface area contributed by atoms with Gasteiger partial charge in [-0.25, -0.2) is 4.79 Å². The third kappa shape index (κ3) is 4.06. The molecule has 0 aliphatic heterocycles. The van der Waals surface area contributed by atoms with Gasteiger partial charge in [0, 0.05) is 12.2 Å².